The Morgan fingerprint density at radius 2 is 2.20 bits per heavy atom. The van der Waals surface area contributed by atoms with Crippen LogP contribution in [0.3, 0.4) is 0 Å². The number of hydrogen-bond acceptors (Lipinski definition) is 3. The third kappa shape index (κ3) is 1.95. The number of aromatic carboxylic acids is 1. The predicted molar refractivity (Wildman–Crippen MR) is 73.8 cm³/mol. The number of carbonyl (C=O) groups is 1. The zero-order chi connectivity index (χ0) is 14.1. The van der Waals surface area contributed by atoms with Gasteiger partial charge in [0, 0.05) is 30.1 Å². The molecule has 0 aliphatic rings. The van der Waals surface area contributed by atoms with E-state index >= 15 is 0 Å². The van der Waals surface area contributed by atoms with Crippen molar-refractivity contribution in [2.24, 2.45) is 0 Å². The molecule has 0 atom stereocenters. The summed E-state index contributed by atoms with van der Waals surface area (Å²) in [5.74, 6) is -1.04. The number of rotatable bonds is 4. The van der Waals surface area contributed by atoms with E-state index in [1.807, 2.05) is 37.4 Å². The van der Waals surface area contributed by atoms with Crippen molar-refractivity contribution in [2.75, 3.05) is 0 Å². The lowest BCUT2D eigenvalue weighted by molar-refractivity contribution is 0.0689. The molecule has 2 heterocycles. The zero-order valence-corrected chi connectivity index (χ0v) is 11.0. The molecule has 20 heavy (non-hydrogen) atoms. The van der Waals surface area contributed by atoms with Crippen molar-refractivity contribution in [3.8, 4) is 0 Å². The van der Waals surface area contributed by atoms with E-state index in [1.54, 1.807) is 4.68 Å². The van der Waals surface area contributed by atoms with Gasteiger partial charge in [-0.2, -0.15) is 0 Å². The minimum atomic E-state index is -1.04. The van der Waals surface area contributed by atoms with Crippen LogP contribution in [-0.2, 0) is 13.0 Å². The first-order valence-electron chi connectivity index (χ1n) is 6.41. The number of hydrogen-bond donors (Lipinski definition) is 2. The van der Waals surface area contributed by atoms with Gasteiger partial charge in [-0.25, -0.2) is 9.48 Å². The van der Waals surface area contributed by atoms with Gasteiger partial charge in [-0.3, -0.25) is 0 Å². The average molecular weight is 270 g/mol. The predicted octanol–water partition coefficient (Wildman–Crippen LogP) is 2.07. The summed E-state index contributed by atoms with van der Waals surface area (Å²) in [6, 6.07) is 7.93. The molecule has 0 saturated heterocycles. The molecule has 102 valence electrons. The van der Waals surface area contributed by atoms with Crippen LogP contribution in [-0.4, -0.2) is 31.1 Å². The van der Waals surface area contributed by atoms with Crippen LogP contribution in [0, 0.1) is 0 Å². The molecule has 2 N–H and O–H groups in total. The van der Waals surface area contributed by atoms with Crippen LogP contribution < -0.4 is 0 Å². The summed E-state index contributed by atoms with van der Waals surface area (Å²) in [7, 11) is 0. The molecule has 6 nitrogen and oxygen atoms in total. The van der Waals surface area contributed by atoms with Crippen LogP contribution in [0.4, 0.5) is 0 Å². The SMILES string of the molecule is CCn1nnc(C(=O)O)c1Cc1c[nH]c2ccccc12. The van der Waals surface area contributed by atoms with Crippen molar-refractivity contribution < 1.29 is 9.90 Å². The van der Waals surface area contributed by atoms with E-state index in [-0.39, 0.29) is 5.69 Å². The molecule has 2 aromatic heterocycles. The number of fused-ring (bicyclic) bond motifs is 1. The third-order valence-corrected chi connectivity index (χ3v) is 3.37. The molecule has 3 rings (SSSR count). The molecule has 0 unspecified atom stereocenters. The van der Waals surface area contributed by atoms with Crippen LogP contribution in [0.5, 0.6) is 0 Å². The second kappa shape index (κ2) is 4.80. The van der Waals surface area contributed by atoms with Gasteiger partial charge in [0.05, 0.1) is 5.69 Å². The van der Waals surface area contributed by atoms with Crippen molar-refractivity contribution in [3.05, 3.63) is 47.4 Å². The molecule has 0 saturated carbocycles. The molecule has 0 fully saturated rings. The maximum atomic E-state index is 11.2. The highest BCUT2D eigenvalue weighted by Gasteiger charge is 2.19. The minimum Gasteiger partial charge on any atom is -0.476 e. The number of nitrogens with zero attached hydrogens (tertiary/aromatic N) is 3. The van der Waals surface area contributed by atoms with Gasteiger partial charge in [-0.05, 0) is 18.6 Å². The molecule has 0 aliphatic carbocycles. The second-order valence-corrected chi connectivity index (χ2v) is 4.54. The fraction of sp³-hybridized carbons (Fsp3) is 0.214. The van der Waals surface area contributed by atoms with Crippen LogP contribution in [0.25, 0.3) is 10.9 Å². The summed E-state index contributed by atoms with van der Waals surface area (Å²) >= 11 is 0. The van der Waals surface area contributed by atoms with Gasteiger partial charge in [0.25, 0.3) is 0 Å². The molecule has 0 aliphatic heterocycles. The summed E-state index contributed by atoms with van der Waals surface area (Å²) in [6.45, 7) is 2.51. The summed E-state index contributed by atoms with van der Waals surface area (Å²) in [6.07, 6.45) is 2.40. The maximum Gasteiger partial charge on any atom is 0.358 e. The molecule has 1 aromatic carbocycles. The Bertz CT molecular complexity index is 772. The van der Waals surface area contributed by atoms with Gasteiger partial charge in [0.2, 0.25) is 0 Å². The molecular weight excluding hydrogens is 256 g/mol. The first-order valence-corrected chi connectivity index (χ1v) is 6.41. The van der Waals surface area contributed by atoms with Crippen molar-refractivity contribution in [3.63, 3.8) is 0 Å². The van der Waals surface area contributed by atoms with Gasteiger partial charge in [0.1, 0.15) is 0 Å². The Hall–Kier alpha value is -2.63. The fourth-order valence-electron chi connectivity index (χ4n) is 2.39. The summed E-state index contributed by atoms with van der Waals surface area (Å²) < 4.78 is 1.63. The fourth-order valence-corrected chi connectivity index (χ4v) is 2.39. The van der Waals surface area contributed by atoms with Gasteiger partial charge in [-0.15, -0.1) is 5.10 Å². The number of nitrogens with one attached hydrogen (secondary N) is 1. The van der Waals surface area contributed by atoms with Crippen molar-refractivity contribution in [2.45, 2.75) is 19.9 Å². The van der Waals surface area contributed by atoms with E-state index in [0.29, 0.717) is 18.7 Å². The summed E-state index contributed by atoms with van der Waals surface area (Å²) in [5.41, 5.74) is 2.73. The largest absolute Gasteiger partial charge is 0.476 e. The van der Waals surface area contributed by atoms with Gasteiger partial charge >= 0.3 is 5.97 Å². The van der Waals surface area contributed by atoms with Crippen molar-refractivity contribution >= 4 is 16.9 Å². The van der Waals surface area contributed by atoms with Gasteiger partial charge in [0.15, 0.2) is 5.69 Å². The van der Waals surface area contributed by atoms with Gasteiger partial charge < -0.3 is 10.1 Å². The van der Waals surface area contributed by atoms with Crippen LogP contribution >= 0.6 is 0 Å². The lowest BCUT2D eigenvalue weighted by atomic mass is 10.1. The highest BCUT2D eigenvalue weighted by atomic mass is 16.4. The number of H-pyrrole nitrogens is 1. The first-order chi connectivity index (χ1) is 9.70. The molecule has 6 heteroatoms. The Kier molecular flexibility index (Phi) is 2.98. The van der Waals surface area contributed by atoms with E-state index in [0.717, 1.165) is 16.5 Å². The first kappa shape index (κ1) is 12.4. The van der Waals surface area contributed by atoms with E-state index in [2.05, 4.69) is 15.3 Å². The maximum absolute atomic E-state index is 11.2. The van der Waals surface area contributed by atoms with E-state index in [4.69, 9.17) is 0 Å². The number of para-hydroxylation sites is 1. The number of aryl methyl sites for hydroxylation is 1. The van der Waals surface area contributed by atoms with E-state index in [1.165, 1.54) is 0 Å². The second-order valence-electron chi connectivity index (χ2n) is 4.54. The molecule has 0 spiro atoms. The number of carboxylic acids is 1. The average Bonchev–Trinajstić information content (AvgIpc) is 3.04. The Balaban J connectivity index is 2.06. The lowest BCUT2D eigenvalue weighted by Gasteiger charge is -2.04. The lowest BCUT2D eigenvalue weighted by Crippen LogP contribution is -2.07. The minimum absolute atomic E-state index is 0.0251. The Morgan fingerprint density at radius 1 is 1.40 bits per heavy atom. The quantitative estimate of drug-likeness (QED) is 0.760. The molecule has 0 bridgehead atoms. The highest BCUT2D eigenvalue weighted by molar-refractivity contribution is 5.87. The smallest absolute Gasteiger partial charge is 0.358 e. The monoisotopic (exact) mass is 270 g/mol. The Labute approximate surface area is 115 Å². The zero-order valence-electron chi connectivity index (χ0n) is 11.0. The number of carboxylic acid groups (broad SMARTS) is 1. The van der Waals surface area contributed by atoms with E-state index in [9.17, 15) is 9.90 Å². The summed E-state index contributed by atoms with van der Waals surface area (Å²) in [4.78, 5) is 14.4. The van der Waals surface area contributed by atoms with Crippen molar-refractivity contribution in [1.82, 2.24) is 20.0 Å². The Morgan fingerprint density at radius 3 is 2.95 bits per heavy atom. The number of benzene rings is 1. The van der Waals surface area contributed by atoms with Gasteiger partial charge in [-0.1, -0.05) is 23.4 Å². The van der Waals surface area contributed by atoms with Crippen molar-refractivity contribution in [1.29, 1.82) is 0 Å². The molecule has 0 amide bonds. The van der Waals surface area contributed by atoms with Crippen LogP contribution in [0.15, 0.2) is 30.5 Å². The third-order valence-electron chi connectivity index (χ3n) is 3.37. The standard InChI is InChI=1S/C14H14N4O2/c1-2-18-12(13(14(19)20)16-17-18)7-9-8-15-11-6-4-3-5-10(9)11/h3-6,8,15H,2,7H2,1H3,(H,19,20). The van der Waals surface area contributed by atoms with Crippen LogP contribution in [0.2, 0.25) is 0 Å². The molecule has 0 radical (unpaired) electrons. The van der Waals surface area contributed by atoms with E-state index < -0.39 is 5.97 Å². The molecular formula is C14H14N4O2. The summed E-state index contributed by atoms with van der Waals surface area (Å²) in [5, 5.41) is 17.9. The number of aromatic amines is 1. The molecule has 3 aromatic rings. The highest BCUT2D eigenvalue weighted by Crippen LogP contribution is 2.21. The topological polar surface area (TPSA) is 83.8 Å². The van der Waals surface area contributed by atoms with Crippen LogP contribution in [0.1, 0.15) is 28.7 Å². The normalized spacial score (nSPS) is 11.1. The number of aromatic nitrogens is 4.